The molecule has 4 aromatic rings. The number of aryl methyl sites for hydroxylation is 4. The van der Waals surface area contributed by atoms with E-state index in [1.807, 2.05) is 74.5 Å². The average molecular weight is 665 g/mol. The Kier molecular flexibility index (Phi) is 9.50. The lowest BCUT2D eigenvalue weighted by Crippen LogP contribution is -2.60. The molecule has 0 aromatic heterocycles. The summed E-state index contributed by atoms with van der Waals surface area (Å²) in [5.41, 5.74) is 10.2. The molecular weight excluding hydrogens is 632 g/mol. The van der Waals surface area contributed by atoms with Crippen LogP contribution in [-0.4, -0.2) is 4.86 Å². The fraction of sp³-hybridized carbons (Fsp3) is 0.103. The maximum Gasteiger partial charge on any atom is 0.148 e. The number of hydrogen-bond acceptors (Lipinski definition) is 5. The number of thioether (sulfide) groups is 1. The van der Waals surface area contributed by atoms with Crippen molar-refractivity contribution in [3.63, 3.8) is 0 Å². The number of benzene rings is 4. The van der Waals surface area contributed by atoms with Crippen LogP contribution in [0.3, 0.4) is 0 Å². The molecule has 6 rings (SSSR count). The van der Waals surface area contributed by atoms with E-state index in [0.29, 0.717) is 9.77 Å². The van der Waals surface area contributed by atoms with Gasteiger partial charge in [0.15, 0.2) is 0 Å². The first-order valence-corrected chi connectivity index (χ1v) is 18.0. The van der Waals surface area contributed by atoms with E-state index in [4.69, 9.17) is 3.74 Å². The van der Waals surface area contributed by atoms with Gasteiger partial charge in [0.05, 0.1) is 20.0 Å². The summed E-state index contributed by atoms with van der Waals surface area (Å²) in [5, 5.41) is 0. The third kappa shape index (κ3) is 7.80. The highest BCUT2D eigenvalue weighted by Gasteiger charge is 2.31. The minimum absolute atomic E-state index is 0.618. The molecular formula is C39H33ClO4S2. The van der Waals surface area contributed by atoms with Crippen molar-refractivity contribution < 1.29 is 28.0 Å². The Hall–Kier alpha value is -3.72. The fourth-order valence-electron chi connectivity index (χ4n) is 5.13. The molecule has 0 spiro atoms. The SMILES string of the molecule is Cc1ccc(C2=CC(=CC3=CC(c4ccc(C)cc4)=S(O[Cl+3]([O-])([O-])[O-])C(c4ccc(C)cc4)=C3)C=C(c3ccc(C)cc3)S2)cc1. The number of halogens is 1. The summed E-state index contributed by atoms with van der Waals surface area (Å²) in [6, 6.07) is 32.7. The first-order valence-electron chi connectivity index (χ1n) is 14.8. The molecule has 0 amide bonds. The molecule has 4 nitrogen and oxygen atoms in total. The standard InChI is InChI=1S/C39H33ClO4S2/c1-26-5-13-32(14-6-26)36-22-30(23-37(45-36)33-15-7-27(2)8-16-33)21-31-24-38(34-17-9-28(3)10-18-34)46(44-40(41,42)43)39(25-31)35-19-11-29(4)12-20-35/h5-25H,1-4H3. The largest absolute Gasteiger partial charge is 0.182 e. The predicted octanol–water partition coefficient (Wildman–Crippen LogP) is 7.28. The van der Waals surface area contributed by atoms with E-state index in [9.17, 15) is 14.0 Å². The molecule has 1 unspecified atom stereocenters. The zero-order valence-corrected chi connectivity index (χ0v) is 28.3. The van der Waals surface area contributed by atoms with Crippen molar-refractivity contribution in [1.82, 2.24) is 0 Å². The molecule has 2 heterocycles. The smallest absolute Gasteiger partial charge is 0.148 e. The van der Waals surface area contributed by atoms with Crippen molar-refractivity contribution >= 4 is 42.1 Å². The first kappa shape index (κ1) is 32.2. The van der Waals surface area contributed by atoms with Crippen LogP contribution >= 0.6 is 22.5 Å². The zero-order valence-electron chi connectivity index (χ0n) is 26.0. The van der Waals surface area contributed by atoms with E-state index >= 15 is 0 Å². The summed E-state index contributed by atoms with van der Waals surface area (Å²) in [6.07, 6.45) is 10.3. The lowest BCUT2D eigenvalue weighted by Gasteiger charge is -2.22. The van der Waals surface area contributed by atoms with Gasteiger partial charge >= 0.3 is 0 Å². The normalized spacial score (nSPS) is 16.8. The van der Waals surface area contributed by atoms with Crippen molar-refractivity contribution in [1.29, 1.82) is 0 Å². The number of rotatable bonds is 7. The summed E-state index contributed by atoms with van der Waals surface area (Å²) >= 11 is 1.74. The Morgan fingerprint density at radius 1 is 0.543 bits per heavy atom. The van der Waals surface area contributed by atoms with Gasteiger partial charge in [0.2, 0.25) is 0 Å². The topological polar surface area (TPSA) is 78.4 Å². The van der Waals surface area contributed by atoms with Crippen molar-refractivity contribution in [3.05, 3.63) is 183 Å². The van der Waals surface area contributed by atoms with Gasteiger partial charge in [-0.05, 0) is 91.5 Å². The van der Waals surface area contributed by atoms with Crippen LogP contribution in [0.1, 0.15) is 44.5 Å². The number of hydrogen-bond donors (Lipinski definition) is 0. The molecule has 1 atom stereocenters. The molecule has 2 aliphatic rings. The fourth-order valence-corrected chi connectivity index (χ4v) is 8.85. The van der Waals surface area contributed by atoms with E-state index in [-0.39, 0.29) is 0 Å². The van der Waals surface area contributed by atoms with Crippen LogP contribution in [0.15, 0.2) is 139 Å². The maximum atomic E-state index is 12.1. The molecule has 2 aliphatic heterocycles. The van der Waals surface area contributed by atoms with E-state index in [1.165, 1.54) is 11.1 Å². The van der Waals surface area contributed by atoms with Crippen LogP contribution < -0.4 is 14.0 Å². The summed E-state index contributed by atoms with van der Waals surface area (Å²) in [6.45, 7) is 8.15. The van der Waals surface area contributed by atoms with Gasteiger partial charge in [-0.25, -0.2) is 0 Å². The second kappa shape index (κ2) is 13.6. The first-order chi connectivity index (χ1) is 22.0. The summed E-state index contributed by atoms with van der Waals surface area (Å²) < 4.78 is 41.5. The molecule has 0 saturated carbocycles. The van der Waals surface area contributed by atoms with Crippen LogP contribution in [0.4, 0.5) is 0 Å². The van der Waals surface area contributed by atoms with Crippen LogP contribution in [0.2, 0.25) is 0 Å². The molecule has 232 valence electrons. The van der Waals surface area contributed by atoms with Crippen LogP contribution in [0.25, 0.3) is 14.7 Å². The summed E-state index contributed by atoms with van der Waals surface area (Å²) in [5.74, 6) is 0. The van der Waals surface area contributed by atoms with Crippen molar-refractivity contribution in [2.24, 2.45) is 0 Å². The molecule has 46 heavy (non-hydrogen) atoms. The van der Waals surface area contributed by atoms with Gasteiger partial charge in [0, 0.05) is 9.81 Å². The van der Waals surface area contributed by atoms with Gasteiger partial charge in [-0.2, -0.15) is 14.0 Å². The third-order valence-corrected chi connectivity index (χ3v) is 11.4. The second-order valence-corrected chi connectivity index (χ2v) is 15.2. The Labute approximate surface area is 279 Å². The third-order valence-electron chi connectivity index (χ3n) is 7.63. The van der Waals surface area contributed by atoms with Crippen molar-refractivity contribution in [2.45, 2.75) is 27.7 Å². The Morgan fingerprint density at radius 2 is 0.957 bits per heavy atom. The lowest BCUT2D eigenvalue weighted by atomic mass is 10.0. The summed E-state index contributed by atoms with van der Waals surface area (Å²) in [4.78, 5) is 3.50. The van der Waals surface area contributed by atoms with Gasteiger partial charge in [-0.3, -0.25) is 0 Å². The van der Waals surface area contributed by atoms with Crippen molar-refractivity contribution in [2.75, 3.05) is 0 Å². The van der Waals surface area contributed by atoms with Crippen molar-refractivity contribution in [3.8, 4) is 0 Å². The quantitative estimate of drug-likeness (QED) is 0.194. The van der Waals surface area contributed by atoms with Crippen LogP contribution in [0, 0.1) is 37.9 Å². The van der Waals surface area contributed by atoms with Gasteiger partial charge < -0.3 is 0 Å². The average Bonchev–Trinajstić information content (AvgIpc) is 3.02. The van der Waals surface area contributed by atoms with E-state index in [0.717, 1.165) is 54.3 Å². The molecule has 4 aromatic carbocycles. The highest BCUT2D eigenvalue weighted by Crippen LogP contribution is 2.46. The lowest BCUT2D eigenvalue weighted by molar-refractivity contribution is -1.91. The Morgan fingerprint density at radius 3 is 1.39 bits per heavy atom. The number of allylic oxidation sites excluding steroid dienone is 7. The minimum atomic E-state index is -4.70. The molecule has 0 saturated heterocycles. The van der Waals surface area contributed by atoms with Gasteiger partial charge in [-0.15, -0.1) is 0 Å². The van der Waals surface area contributed by atoms with E-state index in [1.54, 1.807) is 11.8 Å². The Balaban J connectivity index is 1.55. The maximum absolute atomic E-state index is 12.1. The molecule has 0 N–H and O–H groups in total. The van der Waals surface area contributed by atoms with E-state index in [2.05, 4.69) is 80.6 Å². The summed E-state index contributed by atoms with van der Waals surface area (Å²) in [7, 11) is -6.18. The molecule has 0 fully saturated rings. The van der Waals surface area contributed by atoms with Gasteiger partial charge in [-0.1, -0.05) is 131 Å². The second-order valence-electron chi connectivity index (χ2n) is 11.5. The Bertz CT molecular complexity index is 1890. The highest BCUT2D eigenvalue weighted by molar-refractivity contribution is 8.20. The molecule has 7 heteroatoms. The monoisotopic (exact) mass is 664 g/mol. The van der Waals surface area contributed by atoms with Gasteiger partial charge in [0.1, 0.15) is 14.5 Å². The predicted molar refractivity (Wildman–Crippen MR) is 185 cm³/mol. The van der Waals surface area contributed by atoms with E-state index < -0.39 is 21.0 Å². The molecule has 0 bridgehead atoms. The molecule has 0 aliphatic carbocycles. The zero-order chi connectivity index (χ0) is 32.4. The van der Waals surface area contributed by atoms with Crippen LogP contribution in [0.5, 0.6) is 0 Å². The van der Waals surface area contributed by atoms with Gasteiger partial charge in [0.25, 0.3) is 0 Å². The van der Waals surface area contributed by atoms with Crippen LogP contribution in [-0.2, 0) is 3.74 Å². The molecule has 0 radical (unpaired) electrons. The minimum Gasteiger partial charge on any atom is -0.182 e. The highest BCUT2D eigenvalue weighted by atomic mass is 35.7.